The second-order valence-electron chi connectivity index (χ2n) is 4.09. The molecule has 2 aromatic carbocycles. The van der Waals surface area contributed by atoms with Crippen LogP contribution in [0.2, 0.25) is 5.02 Å². The summed E-state index contributed by atoms with van der Waals surface area (Å²) in [5, 5.41) is 14.7. The highest BCUT2D eigenvalue weighted by Gasteiger charge is 2.05. The zero-order valence-corrected chi connectivity index (χ0v) is 11.8. The zero-order chi connectivity index (χ0) is 15.1. The molecule has 2 amide bonds. The van der Waals surface area contributed by atoms with Crippen LogP contribution in [-0.4, -0.2) is 17.7 Å². The normalized spacial score (nSPS) is 9.43. The molecular formula is C16H13ClN2O2. The number of benzene rings is 2. The highest BCUT2D eigenvalue weighted by Crippen LogP contribution is 2.16. The second kappa shape index (κ2) is 7.34. The van der Waals surface area contributed by atoms with Gasteiger partial charge in [0.1, 0.15) is 6.61 Å². The molecule has 0 aliphatic rings. The van der Waals surface area contributed by atoms with Crippen LogP contribution < -0.4 is 10.6 Å². The summed E-state index contributed by atoms with van der Waals surface area (Å²) >= 11 is 5.78. The molecule has 21 heavy (non-hydrogen) atoms. The van der Waals surface area contributed by atoms with Crippen LogP contribution in [-0.2, 0) is 0 Å². The van der Waals surface area contributed by atoms with E-state index >= 15 is 0 Å². The van der Waals surface area contributed by atoms with Crippen molar-refractivity contribution >= 4 is 29.0 Å². The largest absolute Gasteiger partial charge is 0.384 e. The molecule has 0 aliphatic carbocycles. The summed E-state index contributed by atoms with van der Waals surface area (Å²) in [4.78, 5) is 11.9. The van der Waals surface area contributed by atoms with Gasteiger partial charge >= 0.3 is 6.03 Å². The number of carbonyl (C=O) groups is 1. The van der Waals surface area contributed by atoms with Crippen molar-refractivity contribution in [2.45, 2.75) is 0 Å². The van der Waals surface area contributed by atoms with Crippen molar-refractivity contribution in [3.63, 3.8) is 0 Å². The third-order valence-corrected chi connectivity index (χ3v) is 2.83. The number of aliphatic hydroxyl groups is 1. The van der Waals surface area contributed by atoms with Crippen molar-refractivity contribution in [2.75, 3.05) is 17.2 Å². The molecule has 2 aromatic rings. The summed E-state index contributed by atoms with van der Waals surface area (Å²) in [5.74, 6) is 5.33. The molecule has 0 bridgehead atoms. The van der Waals surface area contributed by atoms with E-state index in [2.05, 4.69) is 22.5 Å². The quantitative estimate of drug-likeness (QED) is 0.745. The lowest BCUT2D eigenvalue weighted by atomic mass is 10.2. The number of para-hydroxylation sites is 1. The maximum absolute atomic E-state index is 11.9. The Hall–Kier alpha value is -2.48. The average molecular weight is 301 g/mol. The predicted octanol–water partition coefficient (Wildman–Crippen LogP) is 3.33. The fourth-order valence-electron chi connectivity index (χ4n) is 1.65. The van der Waals surface area contributed by atoms with Gasteiger partial charge in [-0.15, -0.1) is 0 Å². The molecule has 0 heterocycles. The fourth-order valence-corrected chi connectivity index (χ4v) is 1.78. The van der Waals surface area contributed by atoms with Crippen LogP contribution in [0.1, 0.15) is 5.56 Å². The molecule has 106 valence electrons. The first-order chi connectivity index (χ1) is 10.2. The number of hydrogen-bond acceptors (Lipinski definition) is 2. The van der Waals surface area contributed by atoms with Crippen LogP contribution >= 0.6 is 11.6 Å². The molecule has 0 radical (unpaired) electrons. The summed E-state index contributed by atoms with van der Waals surface area (Å²) in [5.41, 5.74) is 1.85. The van der Waals surface area contributed by atoms with Crippen molar-refractivity contribution < 1.29 is 9.90 Å². The lowest BCUT2D eigenvalue weighted by Crippen LogP contribution is -2.19. The molecule has 0 aromatic heterocycles. The predicted molar refractivity (Wildman–Crippen MR) is 84.5 cm³/mol. The number of aliphatic hydroxyl groups excluding tert-OH is 1. The van der Waals surface area contributed by atoms with Crippen molar-refractivity contribution in [2.24, 2.45) is 0 Å². The Morgan fingerprint density at radius 3 is 2.52 bits per heavy atom. The van der Waals surface area contributed by atoms with Crippen LogP contribution in [0.4, 0.5) is 16.2 Å². The summed E-state index contributed by atoms with van der Waals surface area (Å²) < 4.78 is 0. The van der Waals surface area contributed by atoms with E-state index < -0.39 is 0 Å². The Morgan fingerprint density at radius 1 is 1.10 bits per heavy atom. The van der Waals surface area contributed by atoms with Crippen LogP contribution in [0.15, 0.2) is 48.5 Å². The smallest absolute Gasteiger partial charge is 0.323 e. The molecule has 0 unspecified atom stereocenters. The number of nitrogens with one attached hydrogen (secondary N) is 2. The number of carbonyl (C=O) groups excluding carboxylic acids is 1. The van der Waals surface area contributed by atoms with E-state index in [0.29, 0.717) is 22.0 Å². The van der Waals surface area contributed by atoms with Crippen molar-refractivity contribution in [3.8, 4) is 11.8 Å². The fraction of sp³-hybridized carbons (Fsp3) is 0.0625. The molecule has 0 atom stereocenters. The first kappa shape index (κ1) is 14.9. The minimum absolute atomic E-state index is 0.231. The third-order valence-electron chi connectivity index (χ3n) is 2.58. The van der Waals surface area contributed by atoms with E-state index in [4.69, 9.17) is 16.7 Å². The van der Waals surface area contributed by atoms with Gasteiger partial charge in [0.15, 0.2) is 0 Å². The zero-order valence-electron chi connectivity index (χ0n) is 11.1. The molecular weight excluding hydrogens is 288 g/mol. The van der Waals surface area contributed by atoms with Gasteiger partial charge < -0.3 is 15.7 Å². The van der Waals surface area contributed by atoms with Crippen molar-refractivity contribution in [3.05, 3.63) is 59.1 Å². The summed E-state index contributed by atoms with van der Waals surface area (Å²) in [6.07, 6.45) is 0. The molecule has 0 spiro atoms. The molecule has 4 nitrogen and oxygen atoms in total. The highest BCUT2D eigenvalue weighted by atomic mass is 35.5. The van der Waals surface area contributed by atoms with Gasteiger partial charge in [-0.25, -0.2) is 4.79 Å². The van der Waals surface area contributed by atoms with Crippen LogP contribution in [0.25, 0.3) is 0 Å². The Labute approximate surface area is 127 Å². The Kier molecular flexibility index (Phi) is 5.22. The van der Waals surface area contributed by atoms with E-state index in [-0.39, 0.29) is 12.6 Å². The molecule has 2 rings (SSSR count). The van der Waals surface area contributed by atoms with E-state index in [1.165, 1.54) is 0 Å². The maximum Gasteiger partial charge on any atom is 0.323 e. The maximum atomic E-state index is 11.9. The lowest BCUT2D eigenvalue weighted by molar-refractivity contribution is 0.262. The number of rotatable bonds is 2. The number of halogens is 1. The molecule has 0 aliphatic heterocycles. The summed E-state index contributed by atoms with van der Waals surface area (Å²) in [7, 11) is 0. The van der Waals surface area contributed by atoms with E-state index in [1.807, 2.05) is 6.07 Å². The molecule has 0 saturated carbocycles. The van der Waals surface area contributed by atoms with Crippen molar-refractivity contribution in [1.29, 1.82) is 0 Å². The lowest BCUT2D eigenvalue weighted by Gasteiger charge is -2.09. The minimum atomic E-state index is -0.379. The SMILES string of the molecule is O=C(Nc1ccc(Cl)cc1)Nc1ccccc1C#CCO. The van der Waals surface area contributed by atoms with E-state index in [1.54, 1.807) is 42.5 Å². The van der Waals surface area contributed by atoms with Gasteiger partial charge in [0.2, 0.25) is 0 Å². The summed E-state index contributed by atoms with van der Waals surface area (Å²) in [6.45, 7) is -0.231. The monoisotopic (exact) mass is 300 g/mol. The average Bonchev–Trinajstić information content (AvgIpc) is 2.49. The first-order valence-corrected chi connectivity index (χ1v) is 6.59. The summed E-state index contributed by atoms with van der Waals surface area (Å²) in [6, 6.07) is 13.5. The van der Waals surface area contributed by atoms with E-state index in [9.17, 15) is 4.79 Å². The van der Waals surface area contributed by atoms with Crippen LogP contribution in [0.3, 0.4) is 0 Å². The van der Waals surface area contributed by atoms with Gasteiger partial charge in [-0.3, -0.25) is 0 Å². The first-order valence-electron chi connectivity index (χ1n) is 6.21. The number of hydrogen-bond donors (Lipinski definition) is 3. The Bertz CT molecular complexity index is 687. The molecule has 5 heteroatoms. The highest BCUT2D eigenvalue weighted by molar-refractivity contribution is 6.30. The Morgan fingerprint density at radius 2 is 1.81 bits per heavy atom. The third kappa shape index (κ3) is 4.53. The van der Waals surface area contributed by atoms with E-state index in [0.717, 1.165) is 0 Å². The van der Waals surface area contributed by atoms with Crippen LogP contribution in [0, 0.1) is 11.8 Å². The number of urea groups is 1. The second-order valence-corrected chi connectivity index (χ2v) is 4.53. The van der Waals surface area contributed by atoms with Crippen LogP contribution in [0.5, 0.6) is 0 Å². The van der Waals surface area contributed by atoms with Crippen molar-refractivity contribution in [1.82, 2.24) is 0 Å². The van der Waals surface area contributed by atoms with Gasteiger partial charge in [0.05, 0.1) is 5.69 Å². The minimum Gasteiger partial charge on any atom is -0.384 e. The molecule has 0 fully saturated rings. The van der Waals surface area contributed by atoms with Gasteiger partial charge in [0.25, 0.3) is 0 Å². The molecule has 3 N–H and O–H groups in total. The standard InChI is InChI=1S/C16H13ClN2O2/c17-13-7-9-14(10-8-13)18-16(21)19-15-6-2-1-4-12(15)5-3-11-20/h1-2,4,6-10,20H,11H2,(H2,18,19,21). The topological polar surface area (TPSA) is 61.4 Å². The van der Waals surface area contributed by atoms with Gasteiger partial charge in [-0.05, 0) is 36.4 Å². The number of amides is 2. The van der Waals surface area contributed by atoms with Gasteiger partial charge in [0, 0.05) is 16.3 Å². The van der Waals surface area contributed by atoms with Gasteiger partial charge in [-0.1, -0.05) is 35.6 Å². The Balaban J connectivity index is 2.07. The molecule has 0 saturated heterocycles. The van der Waals surface area contributed by atoms with Gasteiger partial charge in [-0.2, -0.15) is 0 Å². The number of anilines is 2.